The maximum atomic E-state index is 7.06. The standard InChI is InChI=1S/C64H63N4O.Pt/c1-42-32-58-59(33-43(42)2)67(41-66(58)50-25-19-24-46(34-50)61(3,4)5)51-35-49(64(11,12)45-22-17-14-18-23-45)36-53(39-51)69-52-27-28-54-55-37-48(63(9,10)44-20-15-13-16-21-44)26-29-56(55)68(57(54)40-52)60-38-47(30-31-65-60)62(6,7)8;/h13-38,41H,1-12H3;/q-3;. The Morgan fingerprint density at radius 1 is 0.486 bits per heavy atom. The van der Waals surface area contributed by atoms with Gasteiger partial charge >= 0.3 is 0 Å². The van der Waals surface area contributed by atoms with Gasteiger partial charge in [-0.3, -0.25) is 0 Å². The molecule has 0 N–H and O–H groups in total. The third kappa shape index (κ3) is 8.87. The number of anilines is 4. The van der Waals surface area contributed by atoms with Gasteiger partial charge in [0.15, 0.2) is 0 Å². The number of rotatable bonds is 9. The molecule has 5 nitrogen and oxygen atoms in total. The molecule has 0 amide bonds. The van der Waals surface area contributed by atoms with Gasteiger partial charge in [-0.15, -0.1) is 53.6 Å². The SMILES string of the molecule is Cc1cc2c(cc1C)N(c1cccc(C(C)(C)C)c1)[CH-]N2c1[c-]c(Oc2[c-]c3c(cc2)c2cc(C(C)(C)c4ccccc4)ccc2n3-c2cc(C(C)(C)C)ccn2)cc(C(C)(C)c2ccccc2)c1.[Pt]. The Morgan fingerprint density at radius 2 is 1.09 bits per heavy atom. The maximum Gasteiger partial charge on any atom is 0.135 e. The molecule has 0 radical (unpaired) electrons. The molecule has 0 aliphatic carbocycles. The smallest absolute Gasteiger partial charge is 0.135 e. The van der Waals surface area contributed by atoms with E-state index >= 15 is 0 Å². The third-order valence-electron chi connectivity index (χ3n) is 14.6. The molecular formula is C64H63N4OPt-3. The second-order valence-corrected chi connectivity index (χ2v) is 22.1. The summed E-state index contributed by atoms with van der Waals surface area (Å²) in [5.41, 5.74) is 15.3. The van der Waals surface area contributed by atoms with Crippen molar-refractivity contribution in [3.05, 3.63) is 221 Å². The first-order chi connectivity index (χ1) is 32.8. The van der Waals surface area contributed by atoms with Gasteiger partial charge in [-0.05, 0) is 117 Å². The van der Waals surface area contributed by atoms with Crippen LogP contribution in [0, 0.1) is 32.6 Å². The predicted octanol–water partition coefficient (Wildman–Crippen LogP) is 16.8. The maximum absolute atomic E-state index is 7.06. The van der Waals surface area contributed by atoms with Crippen molar-refractivity contribution in [2.75, 3.05) is 9.80 Å². The zero-order valence-electron chi connectivity index (χ0n) is 42.6. The minimum absolute atomic E-state index is 0. The normalized spacial score (nSPS) is 13.2. The first-order valence-electron chi connectivity index (χ1n) is 24.3. The third-order valence-corrected chi connectivity index (χ3v) is 14.6. The number of fused-ring (bicyclic) bond motifs is 4. The number of ether oxygens (including phenoxy) is 1. The predicted molar refractivity (Wildman–Crippen MR) is 288 cm³/mol. The average molecular weight is 1100 g/mol. The number of pyridine rings is 1. The molecular weight excluding hydrogens is 1040 g/mol. The van der Waals surface area contributed by atoms with Crippen LogP contribution in [0.15, 0.2) is 158 Å². The second kappa shape index (κ2) is 18.1. The Labute approximate surface area is 430 Å². The number of aryl methyl sites for hydroxylation is 2. The molecule has 0 unspecified atom stereocenters. The largest absolute Gasteiger partial charge is 0.509 e. The average Bonchev–Trinajstić information content (AvgIpc) is 3.86. The topological polar surface area (TPSA) is 33.5 Å². The van der Waals surface area contributed by atoms with Gasteiger partial charge in [-0.2, -0.15) is 6.07 Å². The van der Waals surface area contributed by atoms with Crippen LogP contribution in [0.25, 0.3) is 27.6 Å². The Hall–Kier alpha value is -6.42. The molecule has 10 rings (SSSR count). The van der Waals surface area contributed by atoms with E-state index in [0.717, 1.165) is 55.9 Å². The van der Waals surface area contributed by atoms with E-state index in [2.05, 4.69) is 268 Å². The van der Waals surface area contributed by atoms with Crippen LogP contribution in [0.3, 0.4) is 0 Å². The van der Waals surface area contributed by atoms with Gasteiger partial charge in [0, 0.05) is 66.8 Å². The van der Waals surface area contributed by atoms with Gasteiger partial charge in [0.2, 0.25) is 0 Å². The van der Waals surface area contributed by atoms with Crippen molar-refractivity contribution < 1.29 is 25.8 Å². The van der Waals surface area contributed by atoms with Gasteiger partial charge in [-0.1, -0.05) is 160 Å². The van der Waals surface area contributed by atoms with Crippen LogP contribution in [0.5, 0.6) is 11.5 Å². The number of hydrogen-bond donors (Lipinski definition) is 0. The van der Waals surface area contributed by atoms with E-state index in [9.17, 15) is 0 Å². The van der Waals surface area contributed by atoms with Gasteiger partial charge in [0.1, 0.15) is 5.82 Å². The summed E-state index contributed by atoms with van der Waals surface area (Å²) in [6.45, 7) is 29.3. The summed E-state index contributed by atoms with van der Waals surface area (Å²) in [7, 11) is 0. The molecule has 0 bridgehead atoms. The summed E-state index contributed by atoms with van der Waals surface area (Å²) in [5, 5.41) is 2.23. The van der Waals surface area contributed by atoms with Crippen molar-refractivity contribution in [1.82, 2.24) is 9.55 Å². The zero-order valence-corrected chi connectivity index (χ0v) is 44.9. The van der Waals surface area contributed by atoms with Crippen molar-refractivity contribution in [1.29, 1.82) is 0 Å². The number of aromatic nitrogens is 2. The van der Waals surface area contributed by atoms with E-state index in [1.54, 1.807) is 0 Å². The summed E-state index contributed by atoms with van der Waals surface area (Å²) in [5.74, 6) is 2.05. The van der Waals surface area contributed by atoms with Gasteiger partial charge in [0.05, 0.1) is 0 Å². The van der Waals surface area contributed by atoms with Crippen molar-refractivity contribution >= 4 is 44.6 Å². The van der Waals surface area contributed by atoms with E-state index in [1.165, 1.54) is 38.9 Å². The summed E-state index contributed by atoms with van der Waals surface area (Å²) in [6, 6.07) is 62.4. The van der Waals surface area contributed by atoms with Crippen LogP contribution >= 0.6 is 0 Å². The van der Waals surface area contributed by atoms with Crippen LogP contribution in [0.2, 0.25) is 0 Å². The Morgan fingerprint density at radius 3 is 1.73 bits per heavy atom. The van der Waals surface area contributed by atoms with Gasteiger partial charge in [-0.25, -0.2) is 4.98 Å². The van der Waals surface area contributed by atoms with Crippen LogP contribution in [-0.4, -0.2) is 9.55 Å². The Balaban J connectivity index is 0.00000608. The van der Waals surface area contributed by atoms with Crippen molar-refractivity contribution in [2.24, 2.45) is 0 Å². The van der Waals surface area contributed by atoms with E-state index < -0.39 is 0 Å². The first kappa shape index (κ1) is 48.6. The number of hydrogen-bond acceptors (Lipinski definition) is 4. The van der Waals surface area contributed by atoms with E-state index in [1.807, 2.05) is 6.20 Å². The molecule has 0 atom stereocenters. The van der Waals surface area contributed by atoms with Crippen LogP contribution < -0.4 is 14.5 Å². The molecule has 1 aliphatic rings. The van der Waals surface area contributed by atoms with E-state index in [0.29, 0.717) is 11.5 Å². The van der Waals surface area contributed by atoms with Crippen LogP contribution in [-0.2, 0) is 42.7 Å². The molecule has 6 heteroatoms. The Bertz CT molecular complexity index is 3390. The summed E-state index contributed by atoms with van der Waals surface area (Å²) < 4.78 is 9.31. The Kier molecular flexibility index (Phi) is 12.5. The van der Waals surface area contributed by atoms with Gasteiger partial charge < -0.3 is 19.1 Å². The fraction of sp³-hybridized carbons (Fsp3) is 0.250. The monoisotopic (exact) mass is 1100 g/mol. The van der Waals surface area contributed by atoms with Gasteiger partial charge in [0.25, 0.3) is 0 Å². The zero-order chi connectivity index (χ0) is 48.6. The summed E-state index contributed by atoms with van der Waals surface area (Å²) >= 11 is 0. The molecule has 0 saturated carbocycles. The minimum Gasteiger partial charge on any atom is -0.509 e. The first-order valence-corrected chi connectivity index (χ1v) is 24.3. The van der Waals surface area contributed by atoms with Crippen LogP contribution in [0.1, 0.15) is 114 Å². The molecule has 358 valence electrons. The second-order valence-electron chi connectivity index (χ2n) is 22.1. The van der Waals surface area contributed by atoms with Crippen LogP contribution in [0.4, 0.5) is 22.7 Å². The molecule has 0 spiro atoms. The molecule has 70 heavy (non-hydrogen) atoms. The molecule has 7 aromatic carbocycles. The number of benzene rings is 7. The fourth-order valence-corrected chi connectivity index (χ4v) is 9.79. The summed E-state index contributed by atoms with van der Waals surface area (Å²) in [4.78, 5) is 9.60. The number of nitrogens with zero attached hydrogens (tertiary/aromatic N) is 4. The quantitative estimate of drug-likeness (QED) is 0.135. The molecule has 0 saturated heterocycles. The molecule has 0 fully saturated rings. The van der Waals surface area contributed by atoms with Crippen molar-refractivity contribution in [3.63, 3.8) is 0 Å². The van der Waals surface area contributed by atoms with Crippen molar-refractivity contribution in [3.8, 4) is 17.3 Å². The summed E-state index contributed by atoms with van der Waals surface area (Å²) in [6.07, 6.45) is 1.93. The van der Waals surface area contributed by atoms with E-state index in [-0.39, 0.29) is 42.7 Å². The fourth-order valence-electron chi connectivity index (χ4n) is 9.79. The molecule has 3 heterocycles. The van der Waals surface area contributed by atoms with E-state index in [4.69, 9.17) is 9.72 Å². The molecule has 2 aromatic heterocycles. The van der Waals surface area contributed by atoms with Crippen molar-refractivity contribution in [2.45, 2.75) is 105 Å². The molecule has 9 aromatic rings. The minimum atomic E-state index is -0.370. The molecule has 1 aliphatic heterocycles.